The van der Waals surface area contributed by atoms with E-state index in [0.717, 1.165) is 18.8 Å². The topological polar surface area (TPSA) is 34.1 Å². The van der Waals surface area contributed by atoms with Crippen molar-refractivity contribution in [3.05, 3.63) is 58.6 Å². The van der Waals surface area contributed by atoms with Gasteiger partial charge in [-0.05, 0) is 37.2 Å². The fraction of sp³-hybridized carbons (Fsp3) is 0.353. The van der Waals surface area contributed by atoms with E-state index in [0.29, 0.717) is 18.5 Å². The Balaban J connectivity index is 1.99. The molecule has 0 amide bonds. The highest BCUT2D eigenvalue weighted by Gasteiger charge is 2.37. The Bertz CT molecular complexity index is 748. The second-order valence-electron chi connectivity index (χ2n) is 5.87. The summed E-state index contributed by atoms with van der Waals surface area (Å²) in [5, 5.41) is 3.10. The summed E-state index contributed by atoms with van der Waals surface area (Å²) in [5.74, 6) is -0.998. The molecule has 134 valence electrons. The number of hydrogen-bond acceptors (Lipinski definition) is 3. The average Bonchev–Trinajstić information content (AvgIpc) is 3.07. The Morgan fingerprint density at radius 1 is 1.24 bits per heavy atom. The molecule has 8 heteroatoms. The molecule has 1 N–H and O–H groups in total. The lowest BCUT2D eigenvalue weighted by Gasteiger charge is -2.26. The number of aromatic nitrogens is 1. The van der Waals surface area contributed by atoms with Gasteiger partial charge in [-0.15, -0.1) is 0 Å². The maximum Gasteiger partial charge on any atom is 0.420 e. The summed E-state index contributed by atoms with van der Waals surface area (Å²) in [4.78, 5) is 3.78. The van der Waals surface area contributed by atoms with Gasteiger partial charge in [-0.2, -0.15) is 13.2 Å². The van der Waals surface area contributed by atoms with Crippen LogP contribution in [0.3, 0.4) is 0 Å². The molecule has 2 atom stereocenters. The normalized spacial score (nSPS) is 19.0. The molecular formula is C17H15ClF4N2O. The first-order chi connectivity index (χ1) is 11.8. The van der Waals surface area contributed by atoms with Crippen molar-refractivity contribution in [2.45, 2.75) is 18.7 Å². The third kappa shape index (κ3) is 4.22. The van der Waals surface area contributed by atoms with Gasteiger partial charge in [-0.3, -0.25) is 4.98 Å². The zero-order valence-corrected chi connectivity index (χ0v) is 13.7. The SMILES string of the molecule is Fc1cncc(C(Oc2ccc(Cl)cc2C(F)(F)F)[C@H]2CCNC2)c1. The number of nitrogens with zero attached hydrogens (tertiary/aromatic N) is 1. The number of pyridine rings is 1. The molecule has 3 nitrogen and oxygen atoms in total. The van der Waals surface area contributed by atoms with Gasteiger partial charge in [0.2, 0.25) is 0 Å². The van der Waals surface area contributed by atoms with E-state index < -0.39 is 23.7 Å². The fourth-order valence-electron chi connectivity index (χ4n) is 2.92. The number of alkyl halides is 3. The van der Waals surface area contributed by atoms with E-state index in [-0.39, 0.29) is 16.7 Å². The summed E-state index contributed by atoms with van der Waals surface area (Å²) in [6.45, 7) is 1.29. The number of rotatable bonds is 4. The number of halogens is 5. The molecule has 1 fully saturated rings. The van der Waals surface area contributed by atoms with Gasteiger partial charge in [0.25, 0.3) is 0 Å². The highest BCUT2D eigenvalue weighted by Crippen LogP contribution is 2.41. The van der Waals surface area contributed by atoms with Gasteiger partial charge in [-0.1, -0.05) is 11.6 Å². The van der Waals surface area contributed by atoms with Crippen LogP contribution in [0.4, 0.5) is 17.6 Å². The molecule has 2 heterocycles. The van der Waals surface area contributed by atoms with Crippen LogP contribution in [0.25, 0.3) is 0 Å². The lowest BCUT2D eigenvalue weighted by Crippen LogP contribution is -2.23. The summed E-state index contributed by atoms with van der Waals surface area (Å²) in [6, 6.07) is 4.58. The number of nitrogens with one attached hydrogen (secondary N) is 1. The first kappa shape index (κ1) is 17.9. The molecule has 25 heavy (non-hydrogen) atoms. The first-order valence-corrected chi connectivity index (χ1v) is 8.07. The van der Waals surface area contributed by atoms with Crippen molar-refractivity contribution < 1.29 is 22.3 Å². The monoisotopic (exact) mass is 374 g/mol. The van der Waals surface area contributed by atoms with Gasteiger partial charge >= 0.3 is 6.18 Å². The van der Waals surface area contributed by atoms with Crippen LogP contribution < -0.4 is 10.1 Å². The fourth-order valence-corrected chi connectivity index (χ4v) is 3.09. The van der Waals surface area contributed by atoms with Crippen LogP contribution in [0.15, 0.2) is 36.7 Å². The molecule has 1 aromatic carbocycles. The number of benzene rings is 1. The van der Waals surface area contributed by atoms with Crippen molar-refractivity contribution in [3.8, 4) is 5.75 Å². The second-order valence-corrected chi connectivity index (χ2v) is 6.30. The quantitative estimate of drug-likeness (QED) is 0.793. The maximum atomic E-state index is 13.5. The Morgan fingerprint density at radius 2 is 2.04 bits per heavy atom. The Morgan fingerprint density at radius 3 is 2.68 bits per heavy atom. The lowest BCUT2D eigenvalue weighted by atomic mass is 9.95. The van der Waals surface area contributed by atoms with E-state index in [9.17, 15) is 17.6 Å². The Hall–Kier alpha value is -1.86. The Kier molecular flexibility index (Phi) is 5.15. The van der Waals surface area contributed by atoms with E-state index in [1.807, 2.05) is 0 Å². The molecule has 0 spiro atoms. The second kappa shape index (κ2) is 7.17. The van der Waals surface area contributed by atoms with E-state index in [1.54, 1.807) is 0 Å². The molecule has 1 aliphatic heterocycles. The molecular weight excluding hydrogens is 360 g/mol. The zero-order chi connectivity index (χ0) is 18.0. The standard InChI is InChI=1S/C17H15ClF4N2O/c18-12-1-2-15(14(6-12)17(20,21)22)25-16(10-3-4-23-7-10)11-5-13(19)9-24-8-11/h1-2,5-6,8-10,16,23H,3-4,7H2/t10-,16?/m0/s1. The number of ether oxygens (including phenoxy) is 1. The third-order valence-electron chi connectivity index (χ3n) is 4.08. The minimum Gasteiger partial charge on any atom is -0.485 e. The van der Waals surface area contributed by atoms with Gasteiger partial charge in [0.1, 0.15) is 17.7 Å². The summed E-state index contributed by atoms with van der Waals surface area (Å²) in [5.41, 5.74) is -0.558. The van der Waals surface area contributed by atoms with E-state index in [1.165, 1.54) is 24.4 Å². The van der Waals surface area contributed by atoms with Crippen LogP contribution in [0.1, 0.15) is 23.7 Å². The first-order valence-electron chi connectivity index (χ1n) is 7.69. The summed E-state index contributed by atoms with van der Waals surface area (Å²) < 4.78 is 59.2. The molecule has 1 aliphatic rings. The maximum absolute atomic E-state index is 13.5. The lowest BCUT2D eigenvalue weighted by molar-refractivity contribution is -0.139. The van der Waals surface area contributed by atoms with Crippen LogP contribution in [0.2, 0.25) is 5.02 Å². The van der Waals surface area contributed by atoms with Gasteiger partial charge in [0, 0.05) is 29.2 Å². The third-order valence-corrected chi connectivity index (χ3v) is 4.32. The van der Waals surface area contributed by atoms with Gasteiger partial charge < -0.3 is 10.1 Å². The highest BCUT2D eigenvalue weighted by atomic mass is 35.5. The molecule has 1 unspecified atom stereocenters. The van der Waals surface area contributed by atoms with Crippen LogP contribution in [0.5, 0.6) is 5.75 Å². The molecule has 0 aliphatic carbocycles. The molecule has 3 rings (SSSR count). The zero-order valence-electron chi connectivity index (χ0n) is 13.0. The smallest absolute Gasteiger partial charge is 0.420 e. The van der Waals surface area contributed by atoms with Crippen molar-refractivity contribution in [1.82, 2.24) is 10.3 Å². The van der Waals surface area contributed by atoms with Gasteiger partial charge in [0.15, 0.2) is 0 Å². The van der Waals surface area contributed by atoms with Crippen molar-refractivity contribution in [2.75, 3.05) is 13.1 Å². The van der Waals surface area contributed by atoms with Crippen LogP contribution in [-0.2, 0) is 6.18 Å². The average molecular weight is 375 g/mol. The predicted octanol–water partition coefficient (Wildman–Crippen LogP) is 4.62. The molecule has 0 saturated carbocycles. The molecule has 0 radical (unpaired) electrons. The summed E-state index contributed by atoms with van der Waals surface area (Å²) in [6.07, 6.45) is -2.21. The van der Waals surface area contributed by atoms with E-state index in [2.05, 4.69) is 10.3 Å². The minimum absolute atomic E-state index is 0.0359. The van der Waals surface area contributed by atoms with Crippen molar-refractivity contribution in [2.24, 2.45) is 5.92 Å². The molecule has 1 aromatic heterocycles. The molecule has 1 saturated heterocycles. The van der Waals surface area contributed by atoms with Crippen LogP contribution in [-0.4, -0.2) is 18.1 Å². The van der Waals surface area contributed by atoms with Crippen molar-refractivity contribution >= 4 is 11.6 Å². The molecule has 2 aromatic rings. The minimum atomic E-state index is -4.61. The van der Waals surface area contributed by atoms with Crippen molar-refractivity contribution in [1.29, 1.82) is 0 Å². The van der Waals surface area contributed by atoms with Crippen LogP contribution >= 0.6 is 11.6 Å². The van der Waals surface area contributed by atoms with Crippen molar-refractivity contribution in [3.63, 3.8) is 0 Å². The van der Waals surface area contributed by atoms with E-state index >= 15 is 0 Å². The Labute approximate surface area is 147 Å². The predicted molar refractivity (Wildman–Crippen MR) is 85.0 cm³/mol. The van der Waals surface area contributed by atoms with Gasteiger partial charge in [-0.25, -0.2) is 4.39 Å². The number of hydrogen-bond donors (Lipinski definition) is 1. The van der Waals surface area contributed by atoms with Gasteiger partial charge in [0.05, 0.1) is 11.8 Å². The van der Waals surface area contributed by atoms with Crippen LogP contribution in [0, 0.1) is 11.7 Å². The largest absolute Gasteiger partial charge is 0.485 e. The van der Waals surface area contributed by atoms with E-state index in [4.69, 9.17) is 16.3 Å². The highest BCUT2D eigenvalue weighted by molar-refractivity contribution is 6.30. The summed E-state index contributed by atoms with van der Waals surface area (Å²) in [7, 11) is 0. The summed E-state index contributed by atoms with van der Waals surface area (Å²) >= 11 is 5.70. The molecule has 0 bridgehead atoms.